The summed E-state index contributed by atoms with van der Waals surface area (Å²) in [5.41, 5.74) is 1.54. The molecule has 0 saturated heterocycles. The molecular formula is C11H10BrN3O4. The third kappa shape index (κ3) is 2.68. The van der Waals surface area contributed by atoms with Crippen molar-refractivity contribution in [2.45, 2.75) is 0 Å². The minimum atomic E-state index is -0.636. The van der Waals surface area contributed by atoms with E-state index in [-0.39, 0.29) is 5.95 Å². The molecule has 8 heteroatoms. The zero-order valence-corrected chi connectivity index (χ0v) is 11.7. The van der Waals surface area contributed by atoms with E-state index in [9.17, 15) is 9.59 Å². The van der Waals surface area contributed by atoms with Gasteiger partial charge in [0.15, 0.2) is 0 Å². The molecular weight excluding hydrogens is 318 g/mol. The summed E-state index contributed by atoms with van der Waals surface area (Å²) < 4.78 is 9.72. The van der Waals surface area contributed by atoms with Crippen molar-refractivity contribution in [1.82, 2.24) is 9.97 Å². The van der Waals surface area contributed by atoms with Crippen LogP contribution in [0.3, 0.4) is 0 Å². The van der Waals surface area contributed by atoms with Gasteiger partial charge in [0, 0.05) is 4.47 Å². The summed E-state index contributed by atoms with van der Waals surface area (Å²) in [7, 11) is 2.56. The number of carbonyl (C=O) groups is 2. The molecule has 0 aliphatic rings. The highest BCUT2D eigenvalue weighted by Gasteiger charge is 2.13. The number of halogens is 1. The first-order valence-electron chi connectivity index (χ1n) is 5.17. The zero-order chi connectivity index (χ0) is 14.0. The lowest BCUT2D eigenvalue weighted by molar-refractivity contribution is 0.0601. The fourth-order valence-electron chi connectivity index (χ4n) is 1.52. The van der Waals surface area contributed by atoms with E-state index in [2.05, 4.69) is 40.7 Å². The van der Waals surface area contributed by atoms with Crippen molar-refractivity contribution in [3.8, 4) is 0 Å². The van der Waals surface area contributed by atoms with Crippen molar-refractivity contribution < 1.29 is 19.1 Å². The summed E-state index contributed by atoms with van der Waals surface area (Å²) in [5.74, 6) is -0.232. The number of nitrogens with zero attached hydrogens (tertiary/aromatic N) is 1. The van der Waals surface area contributed by atoms with Crippen molar-refractivity contribution >= 4 is 45.0 Å². The highest BCUT2D eigenvalue weighted by atomic mass is 79.9. The Hall–Kier alpha value is -2.09. The highest BCUT2D eigenvalue weighted by Crippen LogP contribution is 2.25. The Bertz CT molecular complexity index is 653. The van der Waals surface area contributed by atoms with Gasteiger partial charge >= 0.3 is 12.1 Å². The van der Waals surface area contributed by atoms with Crippen LogP contribution in [-0.4, -0.2) is 36.3 Å². The molecule has 1 aromatic heterocycles. The number of imidazole rings is 1. The topological polar surface area (TPSA) is 93.3 Å². The molecule has 0 bridgehead atoms. The molecule has 100 valence electrons. The highest BCUT2D eigenvalue weighted by molar-refractivity contribution is 9.10. The number of rotatable bonds is 2. The number of carbonyl (C=O) groups excluding carboxylic acids is 2. The maximum absolute atomic E-state index is 11.5. The lowest BCUT2D eigenvalue weighted by Crippen LogP contribution is -2.11. The van der Waals surface area contributed by atoms with Crippen LogP contribution >= 0.6 is 15.9 Å². The van der Waals surface area contributed by atoms with E-state index >= 15 is 0 Å². The second kappa shape index (κ2) is 5.27. The van der Waals surface area contributed by atoms with E-state index in [1.165, 1.54) is 14.2 Å². The molecule has 2 N–H and O–H groups in total. The van der Waals surface area contributed by atoms with Gasteiger partial charge in [-0.3, -0.25) is 5.32 Å². The van der Waals surface area contributed by atoms with Gasteiger partial charge in [-0.15, -0.1) is 0 Å². The summed E-state index contributed by atoms with van der Waals surface area (Å²) in [6.07, 6.45) is -0.636. The third-order valence-electron chi connectivity index (χ3n) is 2.37. The van der Waals surface area contributed by atoms with Crippen molar-refractivity contribution in [3.63, 3.8) is 0 Å². The molecule has 0 unspecified atom stereocenters. The Morgan fingerprint density at radius 3 is 2.68 bits per heavy atom. The van der Waals surface area contributed by atoms with Gasteiger partial charge in [-0.1, -0.05) is 0 Å². The number of esters is 1. The Morgan fingerprint density at radius 2 is 2.05 bits per heavy atom. The summed E-state index contributed by atoms with van der Waals surface area (Å²) >= 11 is 3.31. The van der Waals surface area contributed by atoms with Gasteiger partial charge in [-0.25, -0.2) is 14.6 Å². The fraction of sp³-hybridized carbons (Fsp3) is 0.182. The molecule has 2 aromatic rings. The minimum Gasteiger partial charge on any atom is -0.465 e. The number of hydrogen-bond acceptors (Lipinski definition) is 5. The van der Waals surface area contributed by atoms with Crippen LogP contribution in [0.25, 0.3) is 11.0 Å². The van der Waals surface area contributed by atoms with Crippen molar-refractivity contribution in [2.75, 3.05) is 19.5 Å². The summed E-state index contributed by atoms with van der Waals surface area (Å²) in [6, 6.07) is 3.18. The molecule has 1 heterocycles. The maximum Gasteiger partial charge on any atom is 0.413 e. The average Bonchev–Trinajstić information content (AvgIpc) is 2.80. The summed E-state index contributed by atoms with van der Waals surface area (Å²) in [4.78, 5) is 29.6. The normalized spacial score (nSPS) is 10.3. The molecule has 0 aliphatic carbocycles. The van der Waals surface area contributed by atoms with Crippen LogP contribution < -0.4 is 5.32 Å². The molecule has 19 heavy (non-hydrogen) atoms. The van der Waals surface area contributed by atoms with E-state index in [0.29, 0.717) is 21.1 Å². The first kappa shape index (κ1) is 13.3. The lowest BCUT2D eigenvalue weighted by Gasteiger charge is -2.00. The zero-order valence-electron chi connectivity index (χ0n) is 10.1. The first-order valence-corrected chi connectivity index (χ1v) is 5.97. The van der Waals surface area contributed by atoms with Crippen molar-refractivity contribution in [2.24, 2.45) is 0 Å². The predicted octanol–water partition coefficient (Wildman–Crippen LogP) is 2.29. The molecule has 1 amide bonds. The average molecular weight is 328 g/mol. The molecule has 0 fully saturated rings. The Kier molecular flexibility index (Phi) is 3.70. The van der Waals surface area contributed by atoms with Gasteiger partial charge in [0.05, 0.1) is 25.3 Å². The number of benzene rings is 1. The van der Waals surface area contributed by atoms with Crippen molar-refractivity contribution in [3.05, 3.63) is 22.2 Å². The smallest absolute Gasteiger partial charge is 0.413 e. The number of ether oxygens (including phenoxy) is 2. The number of aromatic nitrogens is 2. The Balaban J connectivity index is 2.44. The number of nitrogens with one attached hydrogen (secondary N) is 2. The third-order valence-corrected chi connectivity index (χ3v) is 2.97. The second-order valence-corrected chi connectivity index (χ2v) is 4.40. The number of fused-ring (bicyclic) bond motifs is 1. The second-order valence-electron chi connectivity index (χ2n) is 3.55. The van der Waals surface area contributed by atoms with Crippen LogP contribution in [0.4, 0.5) is 10.7 Å². The van der Waals surface area contributed by atoms with Crippen LogP contribution in [-0.2, 0) is 9.47 Å². The number of hydrogen-bond donors (Lipinski definition) is 2. The standard InChI is InChI=1S/C11H10BrN3O4/c1-18-9(16)5-3-6(12)8-7(4-5)13-10(14-8)15-11(17)19-2/h3-4H,1-2H3,(H2,13,14,15,17). The van der Waals surface area contributed by atoms with Gasteiger partial charge in [0.1, 0.15) is 5.52 Å². The summed E-state index contributed by atoms with van der Waals surface area (Å²) in [5, 5.41) is 2.41. The van der Waals surface area contributed by atoms with Crippen LogP contribution in [0.5, 0.6) is 0 Å². The van der Waals surface area contributed by atoms with E-state index in [4.69, 9.17) is 0 Å². The van der Waals surface area contributed by atoms with Crippen molar-refractivity contribution in [1.29, 1.82) is 0 Å². The van der Waals surface area contributed by atoms with Gasteiger partial charge in [0.2, 0.25) is 5.95 Å². The monoisotopic (exact) mass is 327 g/mol. The van der Waals surface area contributed by atoms with Gasteiger partial charge in [0.25, 0.3) is 0 Å². The number of methoxy groups -OCH3 is 2. The van der Waals surface area contributed by atoms with E-state index in [1.54, 1.807) is 12.1 Å². The van der Waals surface area contributed by atoms with Gasteiger partial charge in [-0.2, -0.15) is 0 Å². The largest absolute Gasteiger partial charge is 0.465 e. The number of H-pyrrole nitrogens is 1. The molecule has 0 saturated carbocycles. The Labute approximate surface area is 116 Å². The number of aromatic amines is 1. The minimum absolute atomic E-state index is 0.226. The van der Waals surface area contributed by atoms with Gasteiger partial charge in [-0.05, 0) is 28.1 Å². The van der Waals surface area contributed by atoms with Crippen LogP contribution in [0.2, 0.25) is 0 Å². The lowest BCUT2D eigenvalue weighted by atomic mass is 10.2. The quantitative estimate of drug-likeness (QED) is 0.825. The molecule has 0 aliphatic heterocycles. The van der Waals surface area contributed by atoms with Gasteiger partial charge < -0.3 is 14.5 Å². The molecule has 0 atom stereocenters. The molecule has 2 rings (SSSR count). The maximum atomic E-state index is 11.5. The van der Waals surface area contributed by atoms with Crippen LogP contribution in [0.15, 0.2) is 16.6 Å². The molecule has 1 aromatic carbocycles. The van der Waals surface area contributed by atoms with E-state index < -0.39 is 12.1 Å². The van der Waals surface area contributed by atoms with E-state index in [1.807, 2.05) is 0 Å². The fourth-order valence-corrected chi connectivity index (χ4v) is 2.07. The van der Waals surface area contributed by atoms with Crippen LogP contribution in [0, 0.1) is 0 Å². The molecule has 7 nitrogen and oxygen atoms in total. The SMILES string of the molecule is COC(=O)Nc1nc2c(Br)cc(C(=O)OC)cc2[nH]1. The first-order chi connectivity index (χ1) is 9.05. The molecule has 0 radical (unpaired) electrons. The van der Waals surface area contributed by atoms with E-state index in [0.717, 1.165) is 0 Å². The number of amides is 1. The number of anilines is 1. The van der Waals surface area contributed by atoms with Crippen LogP contribution in [0.1, 0.15) is 10.4 Å². The Morgan fingerprint density at radius 1 is 1.32 bits per heavy atom. The summed E-state index contributed by atoms with van der Waals surface area (Å²) in [6.45, 7) is 0. The molecule has 0 spiro atoms. The predicted molar refractivity (Wildman–Crippen MR) is 71.2 cm³/mol.